The number of rotatable bonds is 8. The van der Waals surface area contributed by atoms with Crippen LogP contribution >= 0.6 is 11.6 Å². The normalized spacial score (nSPS) is 12.9. The van der Waals surface area contributed by atoms with E-state index in [2.05, 4.69) is 12.2 Å². The summed E-state index contributed by atoms with van der Waals surface area (Å²) in [5, 5.41) is 13.7. The predicted molar refractivity (Wildman–Crippen MR) is 101 cm³/mol. The van der Waals surface area contributed by atoms with Crippen LogP contribution in [-0.4, -0.2) is 23.5 Å². The van der Waals surface area contributed by atoms with Crippen molar-refractivity contribution in [2.24, 2.45) is 0 Å². The van der Waals surface area contributed by atoms with Crippen LogP contribution in [0, 0.1) is 10.1 Å². The smallest absolute Gasteiger partial charge is 0.271 e. The molecular weight excluding hydrogens is 356 g/mol. The number of nitro benzene ring substituents is 1. The number of amides is 1. The number of nitrogens with one attached hydrogen (secondary N) is 1. The Kier molecular flexibility index (Phi) is 6.97. The number of hydrogen-bond donors (Lipinski definition) is 1. The molecule has 0 aliphatic rings. The summed E-state index contributed by atoms with van der Waals surface area (Å²) in [6.07, 6.45) is 0.121. The van der Waals surface area contributed by atoms with Gasteiger partial charge in [-0.15, -0.1) is 0 Å². The first-order valence-corrected chi connectivity index (χ1v) is 8.73. The van der Waals surface area contributed by atoms with Gasteiger partial charge in [-0.2, -0.15) is 0 Å². The van der Waals surface area contributed by atoms with Crippen molar-refractivity contribution in [3.8, 4) is 5.75 Å². The Balaban J connectivity index is 1.94. The molecule has 2 aromatic rings. The maximum atomic E-state index is 12.3. The summed E-state index contributed by atoms with van der Waals surface area (Å²) < 4.78 is 5.55. The van der Waals surface area contributed by atoms with Gasteiger partial charge in [-0.05, 0) is 25.0 Å². The molecule has 26 heavy (non-hydrogen) atoms. The Morgan fingerprint density at radius 3 is 2.54 bits per heavy atom. The van der Waals surface area contributed by atoms with Crippen molar-refractivity contribution in [2.75, 3.05) is 6.54 Å². The first-order chi connectivity index (χ1) is 12.4. The number of ether oxygens (including phenoxy) is 1. The molecule has 0 aliphatic carbocycles. The highest BCUT2D eigenvalue weighted by atomic mass is 35.5. The molecule has 0 aliphatic heterocycles. The number of halogens is 1. The number of non-ortho nitro benzene ring substituents is 1. The molecular formula is C19H21ClN2O4. The van der Waals surface area contributed by atoms with Gasteiger partial charge in [-0.1, -0.05) is 48.9 Å². The van der Waals surface area contributed by atoms with Crippen LogP contribution in [0.1, 0.15) is 31.7 Å². The SMILES string of the molecule is CC[C@H](CNC(=O)[C@H](C)Oc1ccc([N+](=O)[O-])cc1Cl)c1ccccc1. The highest BCUT2D eigenvalue weighted by Crippen LogP contribution is 2.29. The average molecular weight is 377 g/mol. The zero-order chi connectivity index (χ0) is 19.1. The van der Waals surface area contributed by atoms with E-state index in [-0.39, 0.29) is 28.3 Å². The van der Waals surface area contributed by atoms with E-state index in [0.717, 1.165) is 6.42 Å². The van der Waals surface area contributed by atoms with Crippen LogP contribution in [0.25, 0.3) is 0 Å². The van der Waals surface area contributed by atoms with Gasteiger partial charge < -0.3 is 10.1 Å². The lowest BCUT2D eigenvalue weighted by Crippen LogP contribution is -2.38. The molecule has 2 rings (SSSR count). The molecule has 0 heterocycles. The van der Waals surface area contributed by atoms with E-state index < -0.39 is 11.0 Å². The second-order valence-electron chi connectivity index (χ2n) is 5.89. The van der Waals surface area contributed by atoms with E-state index in [1.807, 2.05) is 30.3 Å². The van der Waals surface area contributed by atoms with E-state index in [0.29, 0.717) is 6.54 Å². The highest BCUT2D eigenvalue weighted by molar-refractivity contribution is 6.32. The van der Waals surface area contributed by atoms with Crippen molar-refractivity contribution < 1.29 is 14.5 Å². The minimum Gasteiger partial charge on any atom is -0.479 e. The topological polar surface area (TPSA) is 81.5 Å². The molecule has 0 fully saturated rings. The summed E-state index contributed by atoms with van der Waals surface area (Å²) in [6, 6.07) is 13.9. The molecule has 2 aromatic carbocycles. The second kappa shape index (κ2) is 9.20. The highest BCUT2D eigenvalue weighted by Gasteiger charge is 2.19. The van der Waals surface area contributed by atoms with Crippen molar-refractivity contribution in [3.63, 3.8) is 0 Å². The molecule has 0 saturated carbocycles. The molecule has 7 heteroatoms. The molecule has 0 saturated heterocycles. The molecule has 138 valence electrons. The summed E-state index contributed by atoms with van der Waals surface area (Å²) in [7, 11) is 0. The first-order valence-electron chi connectivity index (χ1n) is 8.35. The summed E-state index contributed by atoms with van der Waals surface area (Å²) in [6.45, 7) is 4.18. The Hall–Kier alpha value is -2.60. The summed E-state index contributed by atoms with van der Waals surface area (Å²) >= 11 is 5.99. The number of carbonyl (C=O) groups excluding carboxylic acids is 1. The molecule has 6 nitrogen and oxygen atoms in total. The third kappa shape index (κ3) is 5.20. The zero-order valence-electron chi connectivity index (χ0n) is 14.6. The minimum atomic E-state index is -0.776. The van der Waals surface area contributed by atoms with Gasteiger partial charge >= 0.3 is 0 Å². The van der Waals surface area contributed by atoms with Crippen molar-refractivity contribution in [2.45, 2.75) is 32.3 Å². The van der Waals surface area contributed by atoms with Crippen molar-refractivity contribution >= 4 is 23.2 Å². The van der Waals surface area contributed by atoms with Gasteiger partial charge in [0.15, 0.2) is 6.10 Å². The largest absolute Gasteiger partial charge is 0.479 e. The maximum Gasteiger partial charge on any atom is 0.271 e. The van der Waals surface area contributed by atoms with E-state index in [9.17, 15) is 14.9 Å². The number of nitrogens with zero attached hydrogens (tertiary/aromatic N) is 1. The van der Waals surface area contributed by atoms with Crippen LogP contribution in [0.5, 0.6) is 5.75 Å². The molecule has 1 amide bonds. The summed E-state index contributed by atoms with van der Waals surface area (Å²) in [5.41, 5.74) is 1.04. The van der Waals surface area contributed by atoms with Gasteiger partial charge in [-0.25, -0.2) is 0 Å². The summed E-state index contributed by atoms with van der Waals surface area (Å²) in [5.74, 6) is 0.180. The van der Waals surface area contributed by atoms with Gasteiger partial charge in [0.1, 0.15) is 5.75 Å². The first kappa shape index (κ1) is 19.7. The average Bonchev–Trinajstić information content (AvgIpc) is 2.64. The van der Waals surface area contributed by atoms with Gasteiger partial charge in [0, 0.05) is 24.6 Å². The van der Waals surface area contributed by atoms with Crippen LogP contribution in [0.15, 0.2) is 48.5 Å². The minimum absolute atomic E-state index is 0.0922. The number of benzene rings is 2. The number of nitro groups is 1. The molecule has 2 atom stereocenters. The standard InChI is InChI=1S/C19H21ClN2O4/c1-3-14(15-7-5-4-6-8-15)12-21-19(23)13(2)26-18-10-9-16(22(24)25)11-17(18)20/h4-11,13-14H,3,12H2,1-2H3,(H,21,23)/t13-,14+/m0/s1. The molecule has 0 bridgehead atoms. The number of carbonyl (C=O) groups is 1. The Labute approximate surface area is 157 Å². The monoisotopic (exact) mass is 376 g/mol. The summed E-state index contributed by atoms with van der Waals surface area (Å²) in [4.78, 5) is 22.5. The van der Waals surface area contributed by atoms with E-state index in [4.69, 9.17) is 16.3 Å². The fraction of sp³-hybridized carbons (Fsp3) is 0.316. The van der Waals surface area contributed by atoms with Crippen LogP contribution in [0.4, 0.5) is 5.69 Å². The molecule has 1 N–H and O–H groups in total. The maximum absolute atomic E-state index is 12.3. The van der Waals surface area contributed by atoms with Crippen LogP contribution in [-0.2, 0) is 4.79 Å². The third-order valence-electron chi connectivity index (χ3n) is 4.09. The quantitative estimate of drug-likeness (QED) is 0.549. The van der Waals surface area contributed by atoms with E-state index in [1.54, 1.807) is 6.92 Å². The fourth-order valence-electron chi connectivity index (χ4n) is 2.53. The fourth-order valence-corrected chi connectivity index (χ4v) is 2.75. The van der Waals surface area contributed by atoms with Gasteiger partial charge in [0.05, 0.1) is 9.95 Å². The van der Waals surface area contributed by atoms with Crippen molar-refractivity contribution in [1.82, 2.24) is 5.32 Å². The Bertz CT molecular complexity index is 767. The predicted octanol–water partition coefficient (Wildman–Crippen LogP) is 4.33. The third-order valence-corrected chi connectivity index (χ3v) is 4.38. The van der Waals surface area contributed by atoms with Gasteiger partial charge in [0.2, 0.25) is 0 Å². The molecule has 0 radical (unpaired) electrons. The second-order valence-corrected chi connectivity index (χ2v) is 6.30. The Morgan fingerprint density at radius 2 is 1.96 bits per heavy atom. The van der Waals surface area contributed by atoms with Crippen LogP contribution in [0.3, 0.4) is 0 Å². The van der Waals surface area contributed by atoms with E-state index >= 15 is 0 Å². The van der Waals surface area contributed by atoms with Gasteiger partial charge in [0.25, 0.3) is 11.6 Å². The van der Waals surface area contributed by atoms with Crippen LogP contribution in [0.2, 0.25) is 5.02 Å². The van der Waals surface area contributed by atoms with Crippen LogP contribution < -0.4 is 10.1 Å². The lowest BCUT2D eigenvalue weighted by Gasteiger charge is -2.19. The van der Waals surface area contributed by atoms with Crippen molar-refractivity contribution in [1.29, 1.82) is 0 Å². The van der Waals surface area contributed by atoms with Gasteiger partial charge in [-0.3, -0.25) is 14.9 Å². The number of hydrogen-bond acceptors (Lipinski definition) is 4. The van der Waals surface area contributed by atoms with Crippen molar-refractivity contribution in [3.05, 3.63) is 69.2 Å². The zero-order valence-corrected chi connectivity index (χ0v) is 15.4. The van der Waals surface area contributed by atoms with E-state index in [1.165, 1.54) is 23.8 Å². The molecule has 0 aromatic heterocycles. The lowest BCUT2D eigenvalue weighted by molar-refractivity contribution is -0.384. The Morgan fingerprint density at radius 1 is 1.27 bits per heavy atom. The molecule has 0 unspecified atom stereocenters. The lowest BCUT2D eigenvalue weighted by atomic mass is 9.96. The molecule has 0 spiro atoms.